The zero-order valence-corrected chi connectivity index (χ0v) is 10.8. The predicted molar refractivity (Wildman–Crippen MR) is 70.2 cm³/mol. The first kappa shape index (κ1) is 12.4. The minimum absolute atomic E-state index is 0.0926. The van der Waals surface area contributed by atoms with Gasteiger partial charge in [-0.25, -0.2) is 4.39 Å². The van der Waals surface area contributed by atoms with Crippen molar-refractivity contribution < 1.29 is 4.39 Å². The van der Waals surface area contributed by atoms with Crippen molar-refractivity contribution in [2.45, 2.75) is 32.7 Å². The molecule has 0 aromatic heterocycles. The molecule has 1 N–H and O–H groups in total. The van der Waals surface area contributed by atoms with E-state index < -0.39 is 0 Å². The van der Waals surface area contributed by atoms with E-state index in [2.05, 4.69) is 31.0 Å². The van der Waals surface area contributed by atoms with Crippen LogP contribution >= 0.6 is 0 Å². The average molecular weight is 236 g/mol. The van der Waals surface area contributed by atoms with Gasteiger partial charge in [-0.3, -0.25) is 0 Å². The summed E-state index contributed by atoms with van der Waals surface area (Å²) in [7, 11) is 0. The number of halogens is 1. The molecule has 1 aromatic carbocycles. The monoisotopic (exact) mass is 236 g/mol. The maximum Gasteiger partial charge on any atom is 0.146 e. The number of nitrogens with one attached hydrogen (secondary N) is 1. The standard InChI is InChI=1S/C14H21FN2/c1-10(2)12-4-5-14(13(15)8-12)17-7-6-16-9-11(17)3/h4-5,8,10-11,16H,6-7,9H2,1-3H3/t11-/m0/s1. The van der Waals surface area contributed by atoms with Gasteiger partial charge in [0.2, 0.25) is 0 Å². The van der Waals surface area contributed by atoms with E-state index in [1.54, 1.807) is 6.07 Å². The minimum Gasteiger partial charge on any atom is -0.364 e. The van der Waals surface area contributed by atoms with Gasteiger partial charge in [0, 0.05) is 25.7 Å². The molecule has 1 aliphatic rings. The van der Waals surface area contributed by atoms with E-state index in [0.29, 0.717) is 12.0 Å². The molecule has 2 rings (SSSR count). The zero-order chi connectivity index (χ0) is 12.4. The molecule has 2 nitrogen and oxygen atoms in total. The van der Waals surface area contributed by atoms with Crippen molar-refractivity contribution in [2.24, 2.45) is 0 Å². The molecule has 0 aliphatic carbocycles. The summed E-state index contributed by atoms with van der Waals surface area (Å²) in [6.45, 7) is 9.02. The van der Waals surface area contributed by atoms with Gasteiger partial charge in [0.05, 0.1) is 5.69 Å². The lowest BCUT2D eigenvalue weighted by atomic mass is 10.0. The molecule has 0 bridgehead atoms. The molecule has 1 aliphatic heterocycles. The highest BCUT2D eigenvalue weighted by Crippen LogP contribution is 2.26. The van der Waals surface area contributed by atoms with Gasteiger partial charge in [-0.2, -0.15) is 0 Å². The van der Waals surface area contributed by atoms with E-state index in [9.17, 15) is 4.39 Å². The van der Waals surface area contributed by atoms with Crippen molar-refractivity contribution in [3.8, 4) is 0 Å². The molecule has 1 heterocycles. The lowest BCUT2D eigenvalue weighted by Crippen LogP contribution is -2.50. The lowest BCUT2D eigenvalue weighted by molar-refractivity contribution is 0.490. The largest absolute Gasteiger partial charge is 0.364 e. The first-order valence-corrected chi connectivity index (χ1v) is 6.36. The average Bonchev–Trinajstić information content (AvgIpc) is 2.30. The van der Waals surface area contributed by atoms with Crippen LogP contribution in [0.5, 0.6) is 0 Å². The lowest BCUT2D eigenvalue weighted by Gasteiger charge is -2.36. The molecule has 0 saturated carbocycles. The Morgan fingerprint density at radius 2 is 2.18 bits per heavy atom. The van der Waals surface area contributed by atoms with Crippen LogP contribution in [-0.2, 0) is 0 Å². The van der Waals surface area contributed by atoms with Gasteiger partial charge < -0.3 is 10.2 Å². The van der Waals surface area contributed by atoms with E-state index >= 15 is 0 Å². The normalized spacial score (nSPS) is 21.0. The van der Waals surface area contributed by atoms with Crippen molar-refractivity contribution >= 4 is 5.69 Å². The second-order valence-corrected chi connectivity index (χ2v) is 5.11. The second-order valence-electron chi connectivity index (χ2n) is 5.11. The highest BCUT2D eigenvalue weighted by atomic mass is 19.1. The number of piperazine rings is 1. The zero-order valence-electron chi connectivity index (χ0n) is 10.8. The van der Waals surface area contributed by atoms with Crippen LogP contribution in [0.2, 0.25) is 0 Å². The Morgan fingerprint density at radius 1 is 1.41 bits per heavy atom. The van der Waals surface area contributed by atoms with E-state index in [-0.39, 0.29) is 5.82 Å². The van der Waals surface area contributed by atoms with Gasteiger partial charge in [-0.1, -0.05) is 19.9 Å². The van der Waals surface area contributed by atoms with Crippen LogP contribution in [0.15, 0.2) is 18.2 Å². The summed E-state index contributed by atoms with van der Waals surface area (Å²) in [5.41, 5.74) is 1.80. The second kappa shape index (κ2) is 5.05. The van der Waals surface area contributed by atoms with Crippen molar-refractivity contribution in [1.82, 2.24) is 5.32 Å². The molecule has 1 atom stereocenters. The van der Waals surface area contributed by atoms with Gasteiger partial charge >= 0.3 is 0 Å². The van der Waals surface area contributed by atoms with Gasteiger partial charge in [0.1, 0.15) is 5.82 Å². The Labute approximate surface area is 103 Å². The van der Waals surface area contributed by atoms with Crippen molar-refractivity contribution in [3.05, 3.63) is 29.6 Å². The SMILES string of the molecule is CC(C)c1ccc(N2CCNC[C@@H]2C)c(F)c1. The summed E-state index contributed by atoms with van der Waals surface area (Å²) < 4.78 is 14.1. The first-order chi connectivity index (χ1) is 8.09. The van der Waals surface area contributed by atoms with E-state index in [0.717, 1.165) is 30.9 Å². The van der Waals surface area contributed by atoms with Gasteiger partial charge in [0.25, 0.3) is 0 Å². The Kier molecular flexibility index (Phi) is 3.67. The smallest absolute Gasteiger partial charge is 0.146 e. The van der Waals surface area contributed by atoms with Crippen LogP contribution in [0.4, 0.5) is 10.1 Å². The highest BCUT2D eigenvalue weighted by Gasteiger charge is 2.21. The van der Waals surface area contributed by atoms with E-state index in [1.807, 2.05) is 12.1 Å². The third-order valence-electron chi connectivity index (χ3n) is 3.45. The first-order valence-electron chi connectivity index (χ1n) is 6.36. The van der Waals surface area contributed by atoms with Gasteiger partial charge in [-0.05, 0) is 30.5 Å². The maximum atomic E-state index is 14.1. The van der Waals surface area contributed by atoms with Crippen molar-refractivity contribution in [1.29, 1.82) is 0 Å². The van der Waals surface area contributed by atoms with Crippen LogP contribution < -0.4 is 10.2 Å². The molecule has 17 heavy (non-hydrogen) atoms. The summed E-state index contributed by atoms with van der Waals surface area (Å²) >= 11 is 0. The van der Waals surface area contributed by atoms with Crippen LogP contribution in [0.25, 0.3) is 0 Å². The summed E-state index contributed by atoms with van der Waals surface area (Å²) in [6.07, 6.45) is 0. The fraction of sp³-hybridized carbons (Fsp3) is 0.571. The molecule has 1 fully saturated rings. The molecule has 1 saturated heterocycles. The quantitative estimate of drug-likeness (QED) is 0.849. The molecule has 0 radical (unpaired) electrons. The van der Waals surface area contributed by atoms with Crippen LogP contribution in [0.1, 0.15) is 32.3 Å². The summed E-state index contributed by atoms with van der Waals surface area (Å²) in [5.74, 6) is 0.281. The number of anilines is 1. The van der Waals surface area contributed by atoms with Crippen molar-refractivity contribution in [3.63, 3.8) is 0 Å². The summed E-state index contributed by atoms with van der Waals surface area (Å²) in [6, 6.07) is 5.99. The highest BCUT2D eigenvalue weighted by molar-refractivity contribution is 5.51. The Balaban J connectivity index is 2.26. The molecular formula is C14H21FN2. The Morgan fingerprint density at radius 3 is 2.76 bits per heavy atom. The molecule has 0 unspecified atom stereocenters. The fourth-order valence-electron chi connectivity index (χ4n) is 2.31. The van der Waals surface area contributed by atoms with Gasteiger partial charge in [0.15, 0.2) is 0 Å². The maximum absolute atomic E-state index is 14.1. The molecule has 1 aromatic rings. The topological polar surface area (TPSA) is 15.3 Å². The fourth-order valence-corrected chi connectivity index (χ4v) is 2.31. The molecule has 94 valence electrons. The van der Waals surface area contributed by atoms with Crippen LogP contribution in [-0.4, -0.2) is 25.7 Å². The third kappa shape index (κ3) is 2.60. The Bertz CT molecular complexity index is 390. The van der Waals surface area contributed by atoms with Gasteiger partial charge in [-0.15, -0.1) is 0 Å². The Hall–Kier alpha value is -1.09. The molecular weight excluding hydrogens is 215 g/mol. The molecule has 3 heteroatoms. The number of hydrogen-bond acceptors (Lipinski definition) is 2. The predicted octanol–water partition coefficient (Wildman–Crippen LogP) is 2.75. The van der Waals surface area contributed by atoms with E-state index in [1.165, 1.54) is 0 Å². The number of nitrogens with zero attached hydrogens (tertiary/aromatic N) is 1. The summed E-state index contributed by atoms with van der Waals surface area (Å²) in [5, 5.41) is 3.32. The number of rotatable bonds is 2. The van der Waals surface area contributed by atoms with Crippen LogP contribution in [0.3, 0.4) is 0 Å². The van der Waals surface area contributed by atoms with Crippen molar-refractivity contribution in [2.75, 3.05) is 24.5 Å². The van der Waals surface area contributed by atoms with Crippen LogP contribution in [0, 0.1) is 5.82 Å². The number of benzene rings is 1. The molecule has 0 spiro atoms. The third-order valence-corrected chi connectivity index (χ3v) is 3.45. The number of hydrogen-bond donors (Lipinski definition) is 1. The van der Waals surface area contributed by atoms with E-state index in [4.69, 9.17) is 0 Å². The minimum atomic E-state index is -0.0926. The summed E-state index contributed by atoms with van der Waals surface area (Å²) in [4.78, 5) is 2.15. The molecule has 0 amide bonds.